The van der Waals surface area contributed by atoms with Crippen molar-refractivity contribution in [1.29, 1.82) is 0 Å². The number of pyridine rings is 1. The quantitative estimate of drug-likeness (QED) is 0.162. The fraction of sp³-hybridized carbons (Fsp3) is 0.447. The van der Waals surface area contributed by atoms with E-state index in [4.69, 9.17) is 11.2 Å². The molecule has 1 aromatic heterocycles. The third-order valence-electron chi connectivity index (χ3n) is 8.93. The predicted octanol–water partition coefficient (Wildman–Crippen LogP) is 6.59. The molecule has 2 aromatic carbocycles. The standard InChI is InChI=1S/C38H42F5N3O5/c1-6-25-17-27(35-23(4)15-28(39)16-24(35)5)18-29(36(25)40)31(20-34(48)49)44-37(50)32(14-22(2)3)46-21-26(30(19-33(46)47)38(41,42)43)8-10-45-9-7-12-51-13-11-45/h1,15-19,21-22,31-32H,7-14,20H2,2-5H3,(H,44,50)(H,48,49)/t31-,32-/m1/s1. The predicted molar refractivity (Wildman–Crippen MR) is 182 cm³/mol. The summed E-state index contributed by atoms with van der Waals surface area (Å²) in [7, 11) is 0. The van der Waals surface area contributed by atoms with Gasteiger partial charge in [0.15, 0.2) is 0 Å². The van der Waals surface area contributed by atoms with E-state index in [9.17, 15) is 37.1 Å². The Bertz CT molecular complexity index is 1830. The molecular weight excluding hydrogens is 673 g/mol. The molecule has 274 valence electrons. The summed E-state index contributed by atoms with van der Waals surface area (Å²) in [4.78, 5) is 41.5. The lowest BCUT2D eigenvalue weighted by Crippen LogP contribution is -2.41. The summed E-state index contributed by atoms with van der Waals surface area (Å²) in [5, 5.41) is 12.4. The van der Waals surface area contributed by atoms with Crippen LogP contribution in [0.2, 0.25) is 0 Å². The number of amides is 1. The second kappa shape index (κ2) is 16.7. The molecule has 1 aliphatic heterocycles. The molecule has 3 aromatic rings. The Kier molecular flexibility index (Phi) is 12.8. The second-order valence-electron chi connectivity index (χ2n) is 13.3. The van der Waals surface area contributed by atoms with Crippen molar-refractivity contribution in [3.8, 4) is 23.5 Å². The maximum atomic E-state index is 15.9. The first-order valence-electron chi connectivity index (χ1n) is 16.7. The summed E-state index contributed by atoms with van der Waals surface area (Å²) in [6, 6.07) is 2.87. The van der Waals surface area contributed by atoms with Gasteiger partial charge in [-0.3, -0.25) is 14.4 Å². The van der Waals surface area contributed by atoms with Gasteiger partial charge in [-0.05, 0) is 91.1 Å². The van der Waals surface area contributed by atoms with Crippen LogP contribution >= 0.6 is 0 Å². The van der Waals surface area contributed by atoms with Crippen molar-refractivity contribution in [3.05, 3.63) is 91.9 Å². The minimum Gasteiger partial charge on any atom is -0.481 e. The molecular formula is C38H42F5N3O5. The first-order chi connectivity index (χ1) is 24.0. The molecule has 0 saturated carbocycles. The van der Waals surface area contributed by atoms with Gasteiger partial charge in [-0.2, -0.15) is 13.2 Å². The monoisotopic (exact) mass is 715 g/mol. The van der Waals surface area contributed by atoms with E-state index in [1.807, 2.05) is 4.90 Å². The molecule has 4 rings (SSSR count). The third-order valence-corrected chi connectivity index (χ3v) is 8.93. The molecule has 0 radical (unpaired) electrons. The van der Waals surface area contributed by atoms with Crippen LogP contribution < -0.4 is 10.9 Å². The normalized spacial score (nSPS) is 15.2. The number of rotatable bonds is 12. The van der Waals surface area contributed by atoms with Gasteiger partial charge in [-0.1, -0.05) is 19.8 Å². The number of carbonyl (C=O) groups excluding carboxylic acids is 1. The maximum absolute atomic E-state index is 15.9. The topological polar surface area (TPSA) is 101 Å². The highest BCUT2D eigenvalue weighted by molar-refractivity contribution is 5.82. The Balaban J connectivity index is 1.78. The van der Waals surface area contributed by atoms with Crippen molar-refractivity contribution in [2.75, 3.05) is 32.8 Å². The lowest BCUT2D eigenvalue weighted by Gasteiger charge is -2.27. The van der Waals surface area contributed by atoms with E-state index in [-0.39, 0.29) is 42.0 Å². The Labute approximate surface area is 293 Å². The lowest BCUT2D eigenvalue weighted by atomic mass is 9.90. The first-order valence-corrected chi connectivity index (χ1v) is 16.7. The van der Waals surface area contributed by atoms with Crippen LogP contribution in [-0.2, 0) is 26.9 Å². The molecule has 0 bridgehead atoms. The summed E-state index contributed by atoms with van der Waals surface area (Å²) in [6.45, 7) is 9.21. The number of carboxylic acids is 1. The fourth-order valence-electron chi connectivity index (χ4n) is 6.59. The number of carbonyl (C=O) groups is 2. The number of carboxylic acid groups (broad SMARTS) is 1. The molecule has 2 heterocycles. The number of halogens is 5. The van der Waals surface area contributed by atoms with Crippen LogP contribution in [-0.4, -0.2) is 59.3 Å². The van der Waals surface area contributed by atoms with Crippen molar-refractivity contribution in [1.82, 2.24) is 14.8 Å². The van der Waals surface area contributed by atoms with E-state index >= 15 is 4.39 Å². The van der Waals surface area contributed by atoms with E-state index in [1.165, 1.54) is 24.3 Å². The Morgan fingerprint density at radius 3 is 2.35 bits per heavy atom. The number of nitrogens with zero attached hydrogens (tertiary/aromatic N) is 2. The van der Waals surface area contributed by atoms with Crippen LogP contribution in [0.1, 0.15) is 78.6 Å². The molecule has 1 saturated heterocycles. The summed E-state index contributed by atoms with van der Waals surface area (Å²) < 4.78 is 79.0. The molecule has 1 fully saturated rings. The number of ether oxygens (including phenoxy) is 1. The number of hydrogen-bond acceptors (Lipinski definition) is 5. The number of aromatic nitrogens is 1. The number of aryl methyl sites for hydroxylation is 2. The molecule has 0 spiro atoms. The zero-order chi connectivity index (χ0) is 37.6. The molecule has 2 N–H and O–H groups in total. The average molecular weight is 716 g/mol. The van der Waals surface area contributed by atoms with Crippen LogP contribution in [0.25, 0.3) is 11.1 Å². The first kappa shape index (κ1) is 39.2. The Morgan fingerprint density at radius 2 is 1.75 bits per heavy atom. The van der Waals surface area contributed by atoms with Crippen molar-refractivity contribution < 1.29 is 41.4 Å². The van der Waals surface area contributed by atoms with Crippen molar-refractivity contribution in [2.45, 2.75) is 71.6 Å². The van der Waals surface area contributed by atoms with Gasteiger partial charge in [0.1, 0.15) is 17.7 Å². The van der Waals surface area contributed by atoms with Gasteiger partial charge in [0.05, 0.1) is 30.2 Å². The van der Waals surface area contributed by atoms with Gasteiger partial charge in [-0.25, -0.2) is 8.78 Å². The van der Waals surface area contributed by atoms with E-state index < -0.39 is 59.3 Å². The molecule has 8 nitrogen and oxygen atoms in total. The average Bonchev–Trinajstić information content (AvgIpc) is 3.31. The molecule has 13 heteroatoms. The van der Waals surface area contributed by atoms with Crippen LogP contribution in [0.3, 0.4) is 0 Å². The van der Waals surface area contributed by atoms with Gasteiger partial charge in [0.25, 0.3) is 5.56 Å². The molecule has 2 atom stereocenters. The molecule has 0 unspecified atom stereocenters. The van der Waals surface area contributed by atoms with E-state index in [0.29, 0.717) is 54.6 Å². The lowest BCUT2D eigenvalue weighted by molar-refractivity contribution is -0.139. The largest absolute Gasteiger partial charge is 0.481 e. The van der Waals surface area contributed by atoms with Crippen molar-refractivity contribution in [2.24, 2.45) is 5.92 Å². The minimum atomic E-state index is -4.84. The molecule has 1 amide bonds. The molecule has 51 heavy (non-hydrogen) atoms. The van der Waals surface area contributed by atoms with Gasteiger partial charge >= 0.3 is 12.1 Å². The van der Waals surface area contributed by atoms with E-state index in [0.717, 1.165) is 17.2 Å². The van der Waals surface area contributed by atoms with Gasteiger partial charge in [-0.15, -0.1) is 6.42 Å². The van der Waals surface area contributed by atoms with E-state index in [2.05, 4.69) is 11.2 Å². The van der Waals surface area contributed by atoms with Crippen LogP contribution in [0.15, 0.2) is 41.3 Å². The fourth-order valence-corrected chi connectivity index (χ4v) is 6.59. The summed E-state index contributed by atoms with van der Waals surface area (Å²) in [5.74, 6) is -1.73. The number of alkyl halides is 3. The van der Waals surface area contributed by atoms with Crippen molar-refractivity contribution in [3.63, 3.8) is 0 Å². The smallest absolute Gasteiger partial charge is 0.416 e. The highest BCUT2D eigenvalue weighted by Gasteiger charge is 2.36. The number of nitrogens with one attached hydrogen (secondary N) is 1. The minimum absolute atomic E-state index is 0.00804. The van der Waals surface area contributed by atoms with Crippen molar-refractivity contribution >= 4 is 11.9 Å². The molecule has 0 aliphatic carbocycles. The van der Waals surface area contributed by atoms with Crippen LogP contribution in [0.4, 0.5) is 22.0 Å². The summed E-state index contributed by atoms with van der Waals surface area (Å²) in [6.07, 6.45) is 1.68. The SMILES string of the molecule is C#Cc1cc(-c2c(C)cc(F)cc2C)cc([C@@H](CC(=O)O)NC(=O)[C@@H](CC(C)C)n2cc(CCN3CCCOCC3)c(C(F)(F)F)cc2=O)c1F. The number of terminal acetylenes is 1. The highest BCUT2D eigenvalue weighted by atomic mass is 19.4. The summed E-state index contributed by atoms with van der Waals surface area (Å²) in [5.41, 5.74) is -0.947. The highest BCUT2D eigenvalue weighted by Crippen LogP contribution is 2.35. The third kappa shape index (κ3) is 9.83. The van der Waals surface area contributed by atoms with E-state index in [1.54, 1.807) is 27.7 Å². The van der Waals surface area contributed by atoms with Gasteiger partial charge < -0.3 is 24.6 Å². The second-order valence-corrected chi connectivity index (χ2v) is 13.3. The Morgan fingerprint density at radius 1 is 1.06 bits per heavy atom. The van der Waals surface area contributed by atoms with Crippen LogP contribution in [0.5, 0.6) is 0 Å². The van der Waals surface area contributed by atoms with Crippen LogP contribution in [0, 0.1) is 43.7 Å². The zero-order valence-electron chi connectivity index (χ0n) is 29.0. The zero-order valence-corrected chi connectivity index (χ0v) is 29.0. The number of benzene rings is 2. The number of hydrogen-bond donors (Lipinski definition) is 2. The molecule has 1 aliphatic rings. The number of aliphatic carboxylic acids is 1. The maximum Gasteiger partial charge on any atom is 0.416 e. The van der Waals surface area contributed by atoms with Gasteiger partial charge in [0.2, 0.25) is 5.91 Å². The Hall–Kier alpha value is -4.54. The van der Waals surface area contributed by atoms with Gasteiger partial charge in [0, 0.05) is 44.1 Å². The summed E-state index contributed by atoms with van der Waals surface area (Å²) >= 11 is 0.